The molecule has 0 radical (unpaired) electrons. The van der Waals surface area contributed by atoms with Gasteiger partial charge < -0.3 is 19.6 Å². The number of carbonyl (C=O) groups excluding carboxylic acids is 1. The van der Waals surface area contributed by atoms with Crippen LogP contribution in [0.5, 0.6) is 0 Å². The average molecular weight is 717 g/mol. The van der Waals surface area contributed by atoms with Crippen molar-refractivity contribution in [2.24, 2.45) is 0 Å². The number of anilines is 1. The summed E-state index contributed by atoms with van der Waals surface area (Å²) in [5, 5.41) is 0.440. The van der Waals surface area contributed by atoms with E-state index >= 15 is 0 Å². The number of hydrogen-bond acceptors (Lipinski definition) is 7. The van der Waals surface area contributed by atoms with E-state index in [0.717, 1.165) is 15.6 Å². The number of carbonyl (C=O) groups is 1. The number of aryl methyl sites for hydroxylation is 1. The molecule has 9 nitrogen and oxygen atoms in total. The van der Waals surface area contributed by atoms with E-state index in [4.69, 9.17) is 0 Å². The molecule has 0 atom stereocenters. The summed E-state index contributed by atoms with van der Waals surface area (Å²) in [7, 11) is 1.81. The fourth-order valence-corrected chi connectivity index (χ4v) is 7.99. The number of piperazine rings is 1. The van der Waals surface area contributed by atoms with Crippen molar-refractivity contribution in [1.82, 2.24) is 23.7 Å². The fourth-order valence-electron chi connectivity index (χ4n) is 6.66. The Balaban J connectivity index is 1.31. The molecule has 2 saturated heterocycles. The Morgan fingerprint density at radius 2 is 1.51 bits per heavy atom. The monoisotopic (exact) mass is 716 g/mol. The molecule has 2 aromatic heterocycles. The minimum absolute atomic E-state index is 0.0725. The molecule has 0 spiro atoms. The van der Waals surface area contributed by atoms with Crippen LogP contribution in [0.1, 0.15) is 21.5 Å². The molecule has 5 aromatic rings. The van der Waals surface area contributed by atoms with Crippen molar-refractivity contribution in [3.63, 3.8) is 0 Å². The number of alkyl halides is 3. The summed E-state index contributed by atoms with van der Waals surface area (Å²) in [6.07, 6.45) is -1.69. The number of likely N-dealkylation sites (N-methyl/N-ethyl adjacent to an activating group) is 2. The van der Waals surface area contributed by atoms with Gasteiger partial charge in [-0.15, -0.1) is 0 Å². The molecule has 0 saturated carbocycles. The Morgan fingerprint density at radius 3 is 2.14 bits per heavy atom. The number of hydrogen-bond donors (Lipinski definition) is 0. The summed E-state index contributed by atoms with van der Waals surface area (Å²) in [4.78, 5) is 25.5. The quantitative estimate of drug-likeness (QED) is 0.202. The molecule has 0 unspecified atom stereocenters. The summed E-state index contributed by atoms with van der Waals surface area (Å²) in [6.45, 7) is 5.43. The maximum Gasteiger partial charge on any atom is 0.418 e. The van der Waals surface area contributed by atoms with E-state index < -0.39 is 21.8 Å². The molecule has 2 fully saturated rings. The van der Waals surface area contributed by atoms with Crippen LogP contribution in [0.2, 0.25) is 0 Å². The maximum atomic E-state index is 14.5. The standard InChI is InChI=1S/C38H39F3N6O3S/c1-25-5-12-31(13-6-25)51(49,50)47-24-33(26-7-9-27(10-8-26)37(48)46-22-30(23-46)43(2)3)32-19-29(21-42-36(32)47)28-11-14-35(34(20-28)38(39,40)41)45-17-15-44(4)16-18-45/h5-14,19-21,24,30H,15-18,22-23H2,1-4H3. The van der Waals surface area contributed by atoms with Crippen LogP contribution >= 0.6 is 0 Å². The lowest BCUT2D eigenvalue weighted by Crippen LogP contribution is -2.59. The van der Waals surface area contributed by atoms with E-state index in [1.54, 1.807) is 58.3 Å². The van der Waals surface area contributed by atoms with E-state index in [1.165, 1.54) is 30.6 Å². The topological polar surface area (TPSA) is 82.0 Å². The zero-order chi connectivity index (χ0) is 36.2. The molecule has 51 heavy (non-hydrogen) atoms. The van der Waals surface area contributed by atoms with E-state index in [9.17, 15) is 26.4 Å². The molecule has 0 aliphatic carbocycles. The van der Waals surface area contributed by atoms with Gasteiger partial charge in [-0.1, -0.05) is 35.9 Å². The lowest BCUT2D eigenvalue weighted by atomic mass is 9.98. The zero-order valence-electron chi connectivity index (χ0n) is 28.9. The van der Waals surface area contributed by atoms with Crippen LogP contribution in [0.3, 0.4) is 0 Å². The van der Waals surface area contributed by atoms with Crippen LogP contribution in [0.4, 0.5) is 18.9 Å². The van der Waals surface area contributed by atoms with Crippen molar-refractivity contribution in [2.45, 2.75) is 24.0 Å². The van der Waals surface area contributed by atoms with E-state index in [0.29, 0.717) is 78.5 Å². The lowest BCUT2D eigenvalue weighted by Gasteiger charge is -2.42. The molecule has 3 aromatic carbocycles. The molecule has 7 rings (SSSR count). The first-order chi connectivity index (χ1) is 24.2. The number of halogens is 3. The third-order valence-corrected chi connectivity index (χ3v) is 11.7. The van der Waals surface area contributed by atoms with Crippen LogP contribution in [-0.2, 0) is 16.2 Å². The van der Waals surface area contributed by atoms with E-state index in [2.05, 4.69) is 14.8 Å². The van der Waals surface area contributed by atoms with Gasteiger partial charge in [0.2, 0.25) is 0 Å². The molecular formula is C38H39F3N6O3S. The summed E-state index contributed by atoms with van der Waals surface area (Å²) >= 11 is 0. The second-order valence-electron chi connectivity index (χ2n) is 13.7. The highest BCUT2D eigenvalue weighted by atomic mass is 32.2. The number of rotatable bonds is 7. The fraction of sp³-hybridized carbons (Fsp3) is 0.316. The van der Waals surface area contributed by atoms with Crippen molar-refractivity contribution in [3.8, 4) is 22.3 Å². The highest BCUT2D eigenvalue weighted by molar-refractivity contribution is 7.90. The summed E-state index contributed by atoms with van der Waals surface area (Å²) < 4.78 is 72.6. The first kappa shape index (κ1) is 34.7. The first-order valence-electron chi connectivity index (χ1n) is 16.8. The van der Waals surface area contributed by atoms with Gasteiger partial charge in [0, 0.05) is 85.5 Å². The Hall–Kier alpha value is -4.72. The number of aromatic nitrogens is 2. The third kappa shape index (κ3) is 6.61. The summed E-state index contributed by atoms with van der Waals surface area (Å²) in [5.41, 5.74) is 2.79. The highest BCUT2D eigenvalue weighted by Gasteiger charge is 2.36. The Kier molecular flexibility index (Phi) is 8.93. The number of amides is 1. The van der Waals surface area contributed by atoms with Crippen molar-refractivity contribution < 1.29 is 26.4 Å². The van der Waals surface area contributed by atoms with Crippen molar-refractivity contribution >= 4 is 32.7 Å². The average Bonchev–Trinajstić information content (AvgIpc) is 3.47. The molecule has 1 amide bonds. The van der Waals surface area contributed by atoms with Gasteiger partial charge in [-0.25, -0.2) is 17.4 Å². The van der Waals surface area contributed by atoms with Crippen molar-refractivity contribution in [1.29, 1.82) is 0 Å². The van der Waals surface area contributed by atoms with Gasteiger partial charge in [0.1, 0.15) is 0 Å². The lowest BCUT2D eigenvalue weighted by molar-refractivity contribution is -0.137. The summed E-state index contributed by atoms with van der Waals surface area (Å²) in [5.74, 6) is -0.0894. The van der Waals surface area contributed by atoms with Crippen LogP contribution in [0, 0.1) is 6.92 Å². The molecule has 13 heteroatoms. The number of benzene rings is 3. The first-order valence-corrected chi connectivity index (χ1v) is 18.2. The summed E-state index contributed by atoms with van der Waals surface area (Å²) in [6, 6.07) is 19.7. The Bertz CT molecular complexity index is 2200. The van der Waals surface area contributed by atoms with Crippen LogP contribution in [0.15, 0.2) is 90.1 Å². The van der Waals surface area contributed by atoms with Gasteiger partial charge in [0.15, 0.2) is 5.65 Å². The van der Waals surface area contributed by atoms with Crippen LogP contribution in [-0.4, -0.2) is 104 Å². The SMILES string of the molecule is Cc1ccc(S(=O)(=O)n2cc(-c3ccc(C(=O)N4CC(N(C)C)C4)cc3)c3cc(-c4ccc(N5CCN(C)CC5)c(C(F)(F)F)c4)cnc32)cc1. The largest absolute Gasteiger partial charge is 0.418 e. The van der Waals surface area contributed by atoms with Gasteiger partial charge in [0.25, 0.3) is 15.9 Å². The molecule has 266 valence electrons. The highest BCUT2D eigenvalue weighted by Crippen LogP contribution is 2.41. The molecular weight excluding hydrogens is 678 g/mol. The number of likely N-dealkylation sites (tertiary alicyclic amines) is 1. The maximum absolute atomic E-state index is 14.5. The molecule has 4 heterocycles. The zero-order valence-corrected chi connectivity index (χ0v) is 29.7. The second kappa shape index (κ2) is 13.1. The van der Waals surface area contributed by atoms with E-state index in [-0.39, 0.29) is 22.1 Å². The second-order valence-corrected chi connectivity index (χ2v) is 15.5. The predicted molar refractivity (Wildman–Crippen MR) is 192 cm³/mol. The Labute approximate surface area is 295 Å². The molecule has 2 aliphatic heterocycles. The smallest absolute Gasteiger partial charge is 0.368 e. The molecule has 0 bridgehead atoms. The van der Waals surface area contributed by atoms with Gasteiger partial charge in [-0.05, 0) is 81.7 Å². The normalized spacial score (nSPS) is 16.2. The van der Waals surface area contributed by atoms with Crippen LogP contribution < -0.4 is 4.90 Å². The minimum Gasteiger partial charge on any atom is -0.368 e. The van der Waals surface area contributed by atoms with Crippen LogP contribution in [0.25, 0.3) is 33.3 Å². The minimum atomic E-state index is -4.59. The Morgan fingerprint density at radius 1 is 0.863 bits per heavy atom. The van der Waals surface area contributed by atoms with Crippen molar-refractivity contribution in [3.05, 3.63) is 102 Å². The predicted octanol–water partition coefficient (Wildman–Crippen LogP) is 6.07. The molecule has 0 N–H and O–H groups in total. The number of fused-ring (bicyclic) bond motifs is 1. The van der Waals surface area contributed by atoms with Gasteiger partial charge in [-0.3, -0.25) is 4.79 Å². The number of pyridine rings is 1. The third-order valence-electron chi connectivity index (χ3n) is 9.99. The molecule has 2 aliphatic rings. The van der Waals surface area contributed by atoms with E-state index in [1.807, 2.05) is 28.1 Å². The van der Waals surface area contributed by atoms with Gasteiger partial charge in [0.05, 0.1) is 10.5 Å². The van der Waals surface area contributed by atoms with Crippen molar-refractivity contribution in [2.75, 3.05) is 65.3 Å². The van der Waals surface area contributed by atoms with Gasteiger partial charge in [-0.2, -0.15) is 13.2 Å². The number of nitrogens with zero attached hydrogens (tertiary/aromatic N) is 6. The van der Waals surface area contributed by atoms with Gasteiger partial charge >= 0.3 is 6.18 Å².